The molecular formula is C14H18BrN3O2. The monoisotopic (exact) mass is 339 g/mol. The van der Waals surface area contributed by atoms with Crippen molar-refractivity contribution in [3.63, 3.8) is 0 Å². The normalized spacial score (nSPS) is 24.1. The van der Waals surface area contributed by atoms with Gasteiger partial charge in [-0.2, -0.15) is 0 Å². The molecule has 0 bridgehead atoms. The van der Waals surface area contributed by atoms with Gasteiger partial charge in [0.2, 0.25) is 0 Å². The Morgan fingerprint density at radius 3 is 2.90 bits per heavy atom. The van der Waals surface area contributed by atoms with Gasteiger partial charge in [0.15, 0.2) is 0 Å². The molecule has 108 valence electrons. The summed E-state index contributed by atoms with van der Waals surface area (Å²) in [5.41, 5.74) is 0.703. The number of hydrogen-bond donors (Lipinski definition) is 0. The fraction of sp³-hybridized carbons (Fsp3) is 0.571. The lowest BCUT2D eigenvalue weighted by Gasteiger charge is -2.32. The second-order valence-corrected chi connectivity index (χ2v) is 6.02. The summed E-state index contributed by atoms with van der Waals surface area (Å²) in [6.07, 6.45) is 2.71. The number of ether oxygens (including phenoxy) is 1. The molecule has 0 spiro atoms. The first-order valence-electron chi connectivity index (χ1n) is 6.96. The zero-order valence-electron chi connectivity index (χ0n) is 11.3. The molecule has 0 radical (unpaired) electrons. The molecular weight excluding hydrogens is 322 g/mol. The number of likely N-dealkylation sites (tertiary alicyclic amines) is 1. The van der Waals surface area contributed by atoms with Crippen LogP contribution in [-0.2, 0) is 4.74 Å². The molecule has 1 atom stereocenters. The highest BCUT2D eigenvalue weighted by Crippen LogP contribution is 2.19. The summed E-state index contributed by atoms with van der Waals surface area (Å²) in [5.74, 6) is 0.101. The van der Waals surface area contributed by atoms with Crippen LogP contribution in [0, 0.1) is 0 Å². The van der Waals surface area contributed by atoms with Gasteiger partial charge in [-0.15, -0.1) is 0 Å². The van der Waals surface area contributed by atoms with Gasteiger partial charge in [-0.3, -0.25) is 9.69 Å². The number of nitrogens with zero attached hydrogens (tertiary/aromatic N) is 3. The van der Waals surface area contributed by atoms with Crippen molar-refractivity contribution in [2.45, 2.75) is 12.5 Å². The fourth-order valence-corrected chi connectivity index (χ4v) is 3.25. The van der Waals surface area contributed by atoms with Gasteiger partial charge in [-0.25, -0.2) is 4.98 Å². The lowest BCUT2D eigenvalue weighted by atomic mass is 10.2. The Kier molecular flexibility index (Phi) is 4.33. The third-order valence-electron chi connectivity index (χ3n) is 3.99. The molecule has 0 N–H and O–H groups in total. The van der Waals surface area contributed by atoms with Crippen molar-refractivity contribution in [1.82, 2.24) is 14.8 Å². The van der Waals surface area contributed by atoms with E-state index in [2.05, 4.69) is 25.8 Å². The van der Waals surface area contributed by atoms with Crippen LogP contribution in [0.5, 0.6) is 0 Å². The number of carbonyl (C=O) groups is 1. The van der Waals surface area contributed by atoms with Crippen molar-refractivity contribution in [2.75, 3.05) is 39.4 Å². The maximum Gasteiger partial charge on any atom is 0.254 e. The summed E-state index contributed by atoms with van der Waals surface area (Å²) in [7, 11) is 0. The lowest BCUT2D eigenvalue weighted by molar-refractivity contribution is 0.0185. The van der Waals surface area contributed by atoms with Crippen LogP contribution in [0.25, 0.3) is 0 Å². The van der Waals surface area contributed by atoms with Crippen LogP contribution in [0.1, 0.15) is 16.8 Å². The van der Waals surface area contributed by atoms with Gasteiger partial charge in [0.05, 0.1) is 13.2 Å². The van der Waals surface area contributed by atoms with Gasteiger partial charge in [0, 0.05) is 44.0 Å². The third-order valence-corrected chi connectivity index (χ3v) is 4.42. The summed E-state index contributed by atoms with van der Waals surface area (Å²) in [6, 6.07) is 4.03. The summed E-state index contributed by atoms with van der Waals surface area (Å²) in [5, 5.41) is 0. The molecule has 1 unspecified atom stereocenters. The number of aromatic nitrogens is 1. The number of morpholine rings is 1. The first-order valence-corrected chi connectivity index (χ1v) is 7.76. The van der Waals surface area contributed by atoms with E-state index in [0.29, 0.717) is 16.2 Å². The van der Waals surface area contributed by atoms with E-state index in [1.165, 1.54) is 0 Å². The first-order chi connectivity index (χ1) is 9.74. The smallest absolute Gasteiger partial charge is 0.254 e. The molecule has 6 heteroatoms. The van der Waals surface area contributed by atoms with E-state index in [1.807, 2.05) is 4.90 Å². The van der Waals surface area contributed by atoms with E-state index in [0.717, 1.165) is 45.8 Å². The maximum atomic E-state index is 12.5. The number of pyridine rings is 1. The van der Waals surface area contributed by atoms with Crippen LogP contribution >= 0.6 is 15.9 Å². The highest BCUT2D eigenvalue weighted by molar-refractivity contribution is 9.10. The maximum absolute atomic E-state index is 12.5. The summed E-state index contributed by atoms with van der Waals surface area (Å²) >= 11 is 3.31. The average molecular weight is 340 g/mol. The number of rotatable bonds is 2. The highest BCUT2D eigenvalue weighted by Gasteiger charge is 2.31. The predicted octanol–water partition coefficient (Wildman–Crippen LogP) is 1.39. The molecule has 2 fully saturated rings. The molecule has 0 saturated carbocycles. The van der Waals surface area contributed by atoms with Crippen LogP contribution in [0.4, 0.5) is 0 Å². The Labute approximate surface area is 127 Å². The molecule has 3 rings (SSSR count). The van der Waals surface area contributed by atoms with E-state index in [-0.39, 0.29) is 5.91 Å². The second-order valence-electron chi connectivity index (χ2n) is 5.21. The molecule has 1 aromatic heterocycles. The van der Waals surface area contributed by atoms with Gasteiger partial charge >= 0.3 is 0 Å². The molecule has 5 nitrogen and oxygen atoms in total. The second kappa shape index (κ2) is 6.20. The van der Waals surface area contributed by atoms with Crippen LogP contribution in [-0.4, -0.2) is 66.1 Å². The van der Waals surface area contributed by atoms with Crippen molar-refractivity contribution < 1.29 is 9.53 Å². The molecule has 2 aliphatic heterocycles. The summed E-state index contributed by atoms with van der Waals surface area (Å²) < 4.78 is 6.08. The topological polar surface area (TPSA) is 45.7 Å². The Morgan fingerprint density at radius 2 is 2.15 bits per heavy atom. The van der Waals surface area contributed by atoms with Gasteiger partial charge in [0.25, 0.3) is 5.91 Å². The van der Waals surface area contributed by atoms with Gasteiger partial charge < -0.3 is 9.64 Å². The minimum Gasteiger partial charge on any atom is -0.379 e. The lowest BCUT2D eigenvalue weighted by Crippen LogP contribution is -2.45. The zero-order chi connectivity index (χ0) is 13.9. The van der Waals surface area contributed by atoms with Gasteiger partial charge in [0.1, 0.15) is 4.60 Å². The van der Waals surface area contributed by atoms with Crippen molar-refractivity contribution >= 4 is 21.8 Å². The van der Waals surface area contributed by atoms with Crippen molar-refractivity contribution in [2.24, 2.45) is 0 Å². The Morgan fingerprint density at radius 1 is 1.35 bits per heavy atom. The van der Waals surface area contributed by atoms with Crippen LogP contribution in [0.15, 0.2) is 22.9 Å². The number of carbonyl (C=O) groups excluding carboxylic acids is 1. The van der Waals surface area contributed by atoms with E-state index in [1.54, 1.807) is 18.3 Å². The number of amides is 1. The van der Waals surface area contributed by atoms with Crippen molar-refractivity contribution in [3.05, 3.63) is 28.5 Å². The molecule has 2 saturated heterocycles. The Balaban J connectivity index is 1.63. The quantitative estimate of drug-likeness (QED) is 0.764. The molecule has 20 heavy (non-hydrogen) atoms. The largest absolute Gasteiger partial charge is 0.379 e. The van der Waals surface area contributed by atoms with Crippen LogP contribution in [0.2, 0.25) is 0 Å². The third kappa shape index (κ3) is 3.02. The summed E-state index contributed by atoms with van der Waals surface area (Å²) in [4.78, 5) is 20.9. The van der Waals surface area contributed by atoms with Crippen molar-refractivity contribution in [1.29, 1.82) is 0 Å². The van der Waals surface area contributed by atoms with Crippen LogP contribution < -0.4 is 0 Å². The highest BCUT2D eigenvalue weighted by atomic mass is 79.9. The standard InChI is InChI=1S/C14H18BrN3O2/c15-13-9-11(1-3-16-13)14(19)18-4-2-12(10-18)17-5-7-20-8-6-17/h1,3,9,12H,2,4-8,10H2. The Bertz CT molecular complexity index is 491. The number of hydrogen-bond acceptors (Lipinski definition) is 4. The van der Waals surface area contributed by atoms with E-state index >= 15 is 0 Å². The van der Waals surface area contributed by atoms with Gasteiger partial charge in [-0.05, 0) is 34.5 Å². The first kappa shape index (κ1) is 14.0. The molecule has 3 heterocycles. The molecule has 1 amide bonds. The fourth-order valence-electron chi connectivity index (χ4n) is 2.89. The average Bonchev–Trinajstić information content (AvgIpc) is 2.97. The predicted molar refractivity (Wildman–Crippen MR) is 78.6 cm³/mol. The van der Waals surface area contributed by atoms with Crippen molar-refractivity contribution in [3.8, 4) is 0 Å². The summed E-state index contributed by atoms with van der Waals surface area (Å²) in [6.45, 7) is 5.23. The molecule has 0 aromatic carbocycles. The van der Waals surface area contributed by atoms with E-state index in [4.69, 9.17) is 4.74 Å². The molecule has 0 aliphatic carbocycles. The number of halogens is 1. The Hall–Kier alpha value is -0.980. The zero-order valence-corrected chi connectivity index (χ0v) is 12.9. The minimum atomic E-state index is 0.101. The minimum absolute atomic E-state index is 0.101. The SMILES string of the molecule is O=C(c1ccnc(Br)c1)N1CCC(N2CCOCC2)C1. The molecule has 1 aromatic rings. The van der Waals surface area contributed by atoms with E-state index in [9.17, 15) is 4.79 Å². The van der Waals surface area contributed by atoms with Crippen LogP contribution in [0.3, 0.4) is 0 Å². The van der Waals surface area contributed by atoms with E-state index < -0.39 is 0 Å². The van der Waals surface area contributed by atoms with Gasteiger partial charge in [-0.1, -0.05) is 0 Å². The molecule has 2 aliphatic rings.